The van der Waals surface area contributed by atoms with Crippen LogP contribution in [0.1, 0.15) is 49.4 Å². The maximum absolute atomic E-state index is 12.4. The Morgan fingerprint density at radius 1 is 1.43 bits per heavy atom. The number of amides is 1. The van der Waals surface area contributed by atoms with Gasteiger partial charge < -0.3 is 10.6 Å². The van der Waals surface area contributed by atoms with Crippen LogP contribution in [0, 0.1) is 0 Å². The first kappa shape index (κ1) is 16.1. The molecule has 0 aliphatic heterocycles. The zero-order valence-electron chi connectivity index (χ0n) is 12.9. The Morgan fingerprint density at radius 2 is 2.24 bits per heavy atom. The van der Waals surface area contributed by atoms with E-state index in [-0.39, 0.29) is 5.91 Å². The SMILES string of the molecule is CCCNc1cc(C(=O)NC2CCCCC2SC)ccn1. The molecule has 1 aromatic heterocycles. The Balaban J connectivity index is 1.98. The van der Waals surface area contributed by atoms with Crippen molar-refractivity contribution in [2.75, 3.05) is 18.1 Å². The van der Waals surface area contributed by atoms with Gasteiger partial charge in [0.1, 0.15) is 5.82 Å². The third-order valence-corrected chi connectivity index (χ3v) is 5.07. The molecule has 0 saturated heterocycles. The second-order valence-electron chi connectivity index (χ2n) is 5.50. The van der Waals surface area contributed by atoms with Crippen LogP contribution in [0.5, 0.6) is 0 Å². The molecule has 1 aliphatic rings. The van der Waals surface area contributed by atoms with Crippen molar-refractivity contribution in [3.8, 4) is 0 Å². The summed E-state index contributed by atoms with van der Waals surface area (Å²) in [6.07, 6.45) is 9.64. The van der Waals surface area contributed by atoms with Crippen LogP contribution in [0.15, 0.2) is 18.3 Å². The third-order valence-electron chi connectivity index (χ3n) is 3.90. The molecule has 1 amide bonds. The maximum atomic E-state index is 12.4. The van der Waals surface area contributed by atoms with Gasteiger partial charge in [-0.25, -0.2) is 4.98 Å². The van der Waals surface area contributed by atoms with Gasteiger partial charge in [-0.1, -0.05) is 19.8 Å². The molecule has 1 fully saturated rings. The van der Waals surface area contributed by atoms with Gasteiger partial charge in [-0.3, -0.25) is 4.79 Å². The Hall–Kier alpha value is -1.23. The zero-order chi connectivity index (χ0) is 15.1. The van der Waals surface area contributed by atoms with E-state index < -0.39 is 0 Å². The highest BCUT2D eigenvalue weighted by atomic mass is 32.2. The first-order valence-electron chi connectivity index (χ1n) is 7.78. The number of nitrogens with zero attached hydrogens (tertiary/aromatic N) is 1. The lowest BCUT2D eigenvalue weighted by Crippen LogP contribution is -2.43. The van der Waals surface area contributed by atoms with Crippen molar-refractivity contribution >= 4 is 23.5 Å². The summed E-state index contributed by atoms with van der Waals surface area (Å²) in [6, 6.07) is 3.91. The topological polar surface area (TPSA) is 54.0 Å². The zero-order valence-corrected chi connectivity index (χ0v) is 13.7. The molecule has 5 heteroatoms. The number of carbonyl (C=O) groups excluding carboxylic acids is 1. The van der Waals surface area contributed by atoms with Gasteiger partial charge in [0.15, 0.2) is 0 Å². The quantitative estimate of drug-likeness (QED) is 0.846. The summed E-state index contributed by atoms with van der Waals surface area (Å²) in [5.74, 6) is 0.789. The molecule has 0 spiro atoms. The summed E-state index contributed by atoms with van der Waals surface area (Å²) in [5, 5.41) is 6.97. The largest absolute Gasteiger partial charge is 0.370 e. The van der Waals surface area contributed by atoms with Crippen molar-refractivity contribution in [2.24, 2.45) is 0 Å². The molecule has 4 nitrogen and oxygen atoms in total. The average molecular weight is 307 g/mol. The van der Waals surface area contributed by atoms with E-state index in [4.69, 9.17) is 0 Å². The van der Waals surface area contributed by atoms with Gasteiger partial charge in [-0.2, -0.15) is 11.8 Å². The normalized spacial score (nSPS) is 21.8. The number of hydrogen-bond acceptors (Lipinski definition) is 4. The fourth-order valence-electron chi connectivity index (χ4n) is 2.72. The van der Waals surface area contributed by atoms with Crippen LogP contribution >= 0.6 is 11.8 Å². The number of hydrogen-bond donors (Lipinski definition) is 2. The molecule has 1 aliphatic carbocycles. The minimum Gasteiger partial charge on any atom is -0.370 e. The Bertz CT molecular complexity index is 467. The summed E-state index contributed by atoms with van der Waals surface area (Å²) in [4.78, 5) is 16.7. The fraction of sp³-hybridized carbons (Fsp3) is 0.625. The van der Waals surface area contributed by atoms with E-state index >= 15 is 0 Å². The van der Waals surface area contributed by atoms with E-state index in [0.29, 0.717) is 16.9 Å². The molecule has 21 heavy (non-hydrogen) atoms. The molecule has 2 atom stereocenters. The van der Waals surface area contributed by atoms with Gasteiger partial charge in [0.05, 0.1) is 0 Å². The Kier molecular flexibility index (Phi) is 6.36. The maximum Gasteiger partial charge on any atom is 0.251 e. The van der Waals surface area contributed by atoms with Gasteiger partial charge in [-0.15, -0.1) is 0 Å². The molecule has 0 aromatic carbocycles. The van der Waals surface area contributed by atoms with Crippen molar-refractivity contribution in [3.05, 3.63) is 23.9 Å². The van der Waals surface area contributed by atoms with Crippen molar-refractivity contribution in [1.29, 1.82) is 0 Å². The summed E-state index contributed by atoms with van der Waals surface area (Å²) < 4.78 is 0. The molecule has 0 radical (unpaired) electrons. The summed E-state index contributed by atoms with van der Waals surface area (Å²) in [5.41, 5.74) is 0.689. The lowest BCUT2D eigenvalue weighted by molar-refractivity contribution is 0.0929. The van der Waals surface area contributed by atoms with Gasteiger partial charge in [0.2, 0.25) is 0 Å². The molecule has 2 unspecified atom stereocenters. The number of nitrogens with one attached hydrogen (secondary N) is 2. The predicted octanol–water partition coefficient (Wildman–Crippen LogP) is 3.31. The summed E-state index contributed by atoms with van der Waals surface area (Å²) in [6.45, 7) is 2.98. The fourth-order valence-corrected chi connectivity index (χ4v) is 3.65. The number of carbonyl (C=O) groups is 1. The van der Waals surface area contributed by atoms with Crippen LogP contribution in [-0.4, -0.2) is 35.0 Å². The van der Waals surface area contributed by atoms with Crippen LogP contribution in [0.4, 0.5) is 5.82 Å². The second-order valence-corrected chi connectivity index (χ2v) is 6.57. The monoisotopic (exact) mass is 307 g/mol. The van der Waals surface area contributed by atoms with E-state index in [1.807, 2.05) is 17.8 Å². The van der Waals surface area contributed by atoms with Crippen LogP contribution in [-0.2, 0) is 0 Å². The molecule has 0 bridgehead atoms. The number of anilines is 1. The first-order chi connectivity index (χ1) is 10.2. The van der Waals surface area contributed by atoms with E-state index in [1.165, 1.54) is 19.3 Å². The van der Waals surface area contributed by atoms with Gasteiger partial charge in [0, 0.05) is 29.6 Å². The van der Waals surface area contributed by atoms with E-state index in [2.05, 4.69) is 28.8 Å². The first-order valence-corrected chi connectivity index (χ1v) is 9.07. The van der Waals surface area contributed by atoms with Crippen molar-refractivity contribution in [3.63, 3.8) is 0 Å². The van der Waals surface area contributed by atoms with Gasteiger partial charge in [0.25, 0.3) is 5.91 Å². The minimum absolute atomic E-state index is 0.0166. The third kappa shape index (κ3) is 4.63. The molecular formula is C16H25N3OS. The highest BCUT2D eigenvalue weighted by Gasteiger charge is 2.26. The standard InChI is InChI=1S/C16H25N3OS/c1-3-9-17-15-11-12(8-10-18-15)16(20)19-13-6-4-5-7-14(13)21-2/h8,10-11,13-14H,3-7,9H2,1-2H3,(H,17,18)(H,19,20). The van der Waals surface area contributed by atoms with Crippen LogP contribution in [0.25, 0.3) is 0 Å². The molecule has 2 N–H and O–H groups in total. The summed E-state index contributed by atoms with van der Waals surface area (Å²) in [7, 11) is 0. The van der Waals surface area contributed by atoms with Crippen LogP contribution in [0.2, 0.25) is 0 Å². The van der Waals surface area contributed by atoms with Gasteiger partial charge in [-0.05, 0) is 37.7 Å². The second kappa shape index (κ2) is 8.27. The molecular weight excluding hydrogens is 282 g/mol. The van der Waals surface area contributed by atoms with E-state index in [0.717, 1.165) is 25.2 Å². The molecule has 116 valence electrons. The van der Waals surface area contributed by atoms with E-state index in [1.54, 1.807) is 12.3 Å². The van der Waals surface area contributed by atoms with Crippen molar-refractivity contribution in [1.82, 2.24) is 10.3 Å². The highest BCUT2D eigenvalue weighted by molar-refractivity contribution is 7.99. The van der Waals surface area contributed by atoms with Crippen LogP contribution < -0.4 is 10.6 Å². The molecule has 2 rings (SSSR count). The Labute approximate surface area is 131 Å². The van der Waals surface area contributed by atoms with Crippen molar-refractivity contribution < 1.29 is 4.79 Å². The number of thioether (sulfide) groups is 1. The Morgan fingerprint density at radius 3 is 3.00 bits per heavy atom. The van der Waals surface area contributed by atoms with Crippen LogP contribution in [0.3, 0.4) is 0 Å². The van der Waals surface area contributed by atoms with Crippen molar-refractivity contribution in [2.45, 2.75) is 50.3 Å². The lowest BCUT2D eigenvalue weighted by Gasteiger charge is -2.30. The minimum atomic E-state index is 0.0166. The lowest BCUT2D eigenvalue weighted by atomic mass is 9.94. The number of rotatable bonds is 6. The predicted molar refractivity (Wildman–Crippen MR) is 90.0 cm³/mol. The number of pyridine rings is 1. The molecule has 1 aromatic rings. The molecule has 1 saturated carbocycles. The van der Waals surface area contributed by atoms with E-state index in [9.17, 15) is 4.79 Å². The smallest absolute Gasteiger partial charge is 0.251 e. The number of aromatic nitrogens is 1. The van der Waals surface area contributed by atoms with Gasteiger partial charge >= 0.3 is 0 Å². The molecule has 1 heterocycles. The summed E-state index contributed by atoms with van der Waals surface area (Å²) >= 11 is 1.87. The highest BCUT2D eigenvalue weighted by Crippen LogP contribution is 2.27. The average Bonchev–Trinajstić information content (AvgIpc) is 2.53.